The van der Waals surface area contributed by atoms with E-state index in [2.05, 4.69) is 46.1 Å². The first kappa shape index (κ1) is 17.6. The van der Waals surface area contributed by atoms with Crippen molar-refractivity contribution >= 4 is 11.7 Å². The van der Waals surface area contributed by atoms with Crippen LogP contribution in [0.15, 0.2) is 24.7 Å². The van der Waals surface area contributed by atoms with E-state index in [1.165, 1.54) is 4.52 Å². The van der Waals surface area contributed by atoms with Gasteiger partial charge in [0.1, 0.15) is 0 Å². The molecule has 9 nitrogen and oxygen atoms in total. The first-order chi connectivity index (χ1) is 12.9. The van der Waals surface area contributed by atoms with Gasteiger partial charge in [-0.25, -0.2) is 9.50 Å². The highest BCUT2D eigenvalue weighted by Gasteiger charge is 2.28. The molecule has 0 aliphatic carbocycles. The van der Waals surface area contributed by atoms with E-state index in [-0.39, 0.29) is 17.1 Å². The third kappa shape index (κ3) is 3.67. The van der Waals surface area contributed by atoms with Crippen molar-refractivity contribution in [3.63, 3.8) is 0 Å². The summed E-state index contributed by atoms with van der Waals surface area (Å²) in [5, 5.41) is 12.8. The highest BCUT2D eigenvalue weighted by molar-refractivity contribution is 5.90. The van der Waals surface area contributed by atoms with E-state index in [0.717, 1.165) is 31.6 Å². The molecule has 142 valence electrons. The Hall–Kier alpha value is -2.84. The number of aromatic nitrogens is 7. The maximum atomic E-state index is 12.8. The fraction of sp³-hybridized carbons (Fsp3) is 0.556. The number of hydrogen-bond acceptors (Lipinski definition) is 6. The van der Waals surface area contributed by atoms with Gasteiger partial charge in [-0.05, 0) is 24.8 Å². The number of hydrogen-bond donors (Lipinski definition) is 0. The van der Waals surface area contributed by atoms with Gasteiger partial charge in [0, 0.05) is 43.6 Å². The van der Waals surface area contributed by atoms with Gasteiger partial charge < -0.3 is 4.90 Å². The standard InChI is InChI=1S/C18H24N8O/c1-18(2,3)14-12-25(23-21-14)11-13-6-4-8-24(10-13)16(27)15-20-17-19-7-5-9-26(17)22-15/h5,7,9,12-13H,4,6,8,10-11H2,1-3H3/t13-/m1/s1. The number of likely N-dealkylation sites (tertiary alicyclic amines) is 1. The first-order valence-corrected chi connectivity index (χ1v) is 9.27. The largest absolute Gasteiger partial charge is 0.336 e. The molecule has 27 heavy (non-hydrogen) atoms. The highest BCUT2D eigenvalue weighted by Crippen LogP contribution is 2.22. The molecule has 1 amide bonds. The van der Waals surface area contributed by atoms with E-state index in [4.69, 9.17) is 0 Å². The Balaban J connectivity index is 1.44. The summed E-state index contributed by atoms with van der Waals surface area (Å²) in [7, 11) is 0. The number of carbonyl (C=O) groups is 1. The van der Waals surface area contributed by atoms with Gasteiger partial charge in [-0.15, -0.1) is 10.2 Å². The molecule has 1 saturated heterocycles. The topological polar surface area (TPSA) is 94.1 Å². The van der Waals surface area contributed by atoms with Gasteiger partial charge >= 0.3 is 0 Å². The van der Waals surface area contributed by atoms with Gasteiger partial charge in [-0.1, -0.05) is 26.0 Å². The normalized spacial score (nSPS) is 18.2. The fourth-order valence-corrected chi connectivity index (χ4v) is 3.36. The van der Waals surface area contributed by atoms with E-state index >= 15 is 0 Å². The second-order valence-electron chi connectivity index (χ2n) is 8.13. The van der Waals surface area contributed by atoms with Crippen LogP contribution in [0.25, 0.3) is 5.78 Å². The number of piperidine rings is 1. The van der Waals surface area contributed by atoms with Gasteiger partial charge in [0.25, 0.3) is 11.7 Å². The molecule has 0 N–H and O–H groups in total. The third-order valence-corrected chi connectivity index (χ3v) is 4.87. The second kappa shape index (κ2) is 6.71. The summed E-state index contributed by atoms with van der Waals surface area (Å²) in [6, 6.07) is 1.76. The first-order valence-electron chi connectivity index (χ1n) is 9.27. The zero-order chi connectivity index (χ0) is 19.0. The Morgan fingerprint density at radius 3 is 2.93 bits per heavy atom. The van der Waals surface area contributed by atoms with Gasteiger partial charge in [-0.3, -0.25) is 9.48 Å². The Kier molecular flexibility index (Phi) is 4.37. The molecule has 0 saturated carbocycles. The highest BCUT2D eigenvalue weighted by atomic mass is 16.2. The maximum absolute atomic E-state index is 12.8. The molecule has 1 fully saturated rings. The minimum Gasteiger partial charge on any atom is -0.336 e. The number of nitrogens with zero attached hydrogens (tertiary/aromatic N) is 8. The lowest BCUT2D eigenvalue weighted by Gasteiger charge is -2.31. The van der Waals surface area contributed by atoms with Crippen LogP contribution in [0.4, 0.5) is 0 Å². The van der Waals surface area contributed by atoms with Crippen molar-refractivity contribution in [2.45, 2.75) is 45.6 Å². The minimum atomic E-state index is -0.140. The summed E-state index contributed by atoms with van der Waals surface area (Å²) in [5.41, 5.74) is 0.961. The molecule has 3 aromatic heterocycles. The molecule has 0 unspecified atom stereocenters. The van der Waals surface area contributed by atoms with Gasteiger partial charge in [0.15, 0.2) is 0 Å². The lowest BCUT2D eigenvalue weighted by molar-refractivity contribution is 0.0647. The molecule has 1 atom stereocenters. The Bertz CT molecular complexity index is 921. The van der Waals surface area contributed by atoms with Crippen LogP contribution < -0.4 is 0 Å². The van der Waals surface area contributed by atoms with Crippen LogP contribution in [-0.2, 0) is 12.0 Å². The quantitative estimate of drug-likeness (QED) is 0.696. The van der Waals surface area contributed by atoms with Crippen molar-refractivity contribution in [3.05, 3.63) is 36.2 Å². The van der Waals surface area contributed by atoms with Crippen molar-refractivity contribution in [3.8, 4) is 0 Å². The summed E-state index contributed by atoms with van der Waals surface area (Å²) in [6.45, 7) is 8.53. The van der Waals surface area contributed by atoms with Crippen LogP contribution in [0.2, 0.25) is 0 Å². The molecule has 1 aliphatic heterocycles. The van der Waals surface area contributed by atoms with Crippen molar-refractivity contribution in [2.24, 2.45) is 5.92 Å². The van der Waals surface area contributed by atoms with Gasteiger partial charge in [0.05, 0.1) is 5.69 Å². The van der Waals surface area contributed by atoms with Crippen LogP contribution in [0.5, 0.6) is 0 Å². The summed E-state index contributed by atoms with van der Waals surface area (Å²) < 4.78 is 3.42. The zero-order valence-corrected chi connectivity index (χ0v) is 15.9. The number of fused-ring (bicyclic) bond motifs is 1. The second-order valence-corrected chi connectivity index (χ2v) is 8.13. The van der Waals surface area contributed by atoms with Crippen molar-refractivity contribution in [1.82, 2.24) is 39.5 Å². The Labute approximate surface area is 157 Å². The molecular formula is C18H24N8O. The number of amides is 1. The number of carbonyl (C=O) groups excluding carboxylic acids is 1. The van der Waals surface area contributed by atoms with E-state index in [1.807, 2.05) is 15.8 Å². The van der Waals surface area contributed by atoms with E-state index in [0.29, 0.717) is 18.2 Å². The Morgan fingerprint density at radius 1 is 1.33 bits per heavy atom. The number of rotatable bonds is 3. The third-order valence-electron chi connectivity index (χ3n) is 4.87. The van der Waals surface area contributed by atoms with E-state index in [1.54, 1.807) is 18.5 Å². The van der Waals surface area contributed by atoms with Crippen molar-refractivity contribution in [1.29, 1.82) is 0 Å². The predicted molar refractivity (Wildman–Crippen MR) is 98.1 cm³/mol. The van der Waals surface area contributed by atoms with Crippen LogP contribution in [0, 0.1) is 5.92 Å². The van der Waals surface area contributed by atoms with Crippen LogP contribution in [-0.4, -0.2) is 58.5 Å². The van der Waals surface area contributed by atoms with Crippen LogP contribution >= 0.6 is 0 Å². The molecule has 3 aromatic rings. The molecule has 0 radical (unpaired) electrons. The molecule has 0 bridgehead atoms. The average molecular weight is 368 g/mol. The predicted octanol–water partition coefficient (Wildman–Crippen LogP) is 1.57. The summed E-state index contributed by atoms with van der Waals surface area (Å²) in [4.78, 5) is 23.0. The lowest BCUT2D eigenvalue weighted by atomic mass is 9.93. The molecule has 0 spiro atoms. The molecule has 0 aromatic carbocycles. The van der Waals surface area contributed by atoms with E-state index < -0.39 is 0 Å². The molecule has 1 aliphatic rings. The monoisotopic (exact) mass is 368 g/mol. The fourth-order valence-electron chi connectivity index (χ4n) is 3.36. The summed E-state index contributed by atoms with van der Waals surface area (Å²) in [5.74, 6) is 0.836. The smallest absolute Gasteiger partial charge is 0.293 e. The van der Waals surface area contributed by atoms with Crippen molar-refractivity contribution < 1.29 is 4.79 Å². The molecule has 4 heterocycles. The molecular weight excluding hydrogens is 344 g/mol. The zero-order valence-electron chi connectivity index (χ0n) is 15.9. The molecule has 4 rings (SSSR count). The van der Waals surface area contributed by atoms with E-state index in [9.17, 15) is 4.79 Å². The van der Waals surface area contributed by atoms with Gasteiger partial charge in [-0.2, -0.15) is 4.98 Å². The lowest BCUT2D eigenvalue weighted by Crippen LogP contribution is -2.41. The SMILES string of the molecule is CC(C)(C)c1cn(C[C@@H]2CCCN(C(=O)c3nc4ncccn4n3)C2)nn1. The van der Waals surface area contributed by atoms with Crippen LogP contribution in [0.3, 0.4) is 0 Å². The summed E-state index contributed by atoms with van der Waals surface area (Å²) in [6.07, 6.45) is 7.41. The summed E-state index contributed by atoms with van der Waals surface area (Å²) >= 11 is 0. The van der Waals surface area contributed by atoms with Crippen LogP contribution in [0.1, 0.15) is 49.9 Å². The average Bonchev–Trinajstić information content (AvgIpc) is 3.27. The van der Waals surface area contributed by atoms with Gasteiger partial charge in [0.2, 0.25) is 5.82 Å². The van der Waals surface area contributed by atoms with Crippen molar-refractivity contribution in [2.75, 3.05) is 13.1 Å². The Morgan fingerprint density at radius 2 is 2.19 bits per heavy atom. The molecule has 9 heteroatoms. The maximum Gasteiger partial charge on any atom is 0.293 e. The minimum absolute atomic E-state index is 0.0182.